The van der Waals surface area contributed by atoms with Gasteiger partial charge in [-0.05, 0) is 30.3 Å². The number of aromatic nitrogens is 2. The number of rotatable bonds is 0. The van der Waals surface area contributed by atoms with Gasteiger partial charge in [0.15, 0.2) is 22.3 Å². The highest BCUT2D eigenvalue weighted by molar-refractivity contribution is 6.29. The number of fused-ring (bicyclic) bond motifs is 9. The van der Waals surface area contributed by atoms with E-state index >= 15 is 0 Å². The summed E-state index contributed by atoms with van der Waals surface area (Å²) in [7, 11) is 1.43. The number of hydrogen-bond acceptors (Lipinski definition) is 4. The first-order valence-corrected chi connectivity index (χ1v) is 8.62. The Kier molecular flexibility index (Phi) is 2.66. The average Bonchev–Trinajstić information content (AvgIpc) is 3.17. The molecule has 6 rings (SSSR count). The van der Waals surface area contributed by atoms with Crippen LogP contribution in [0.3, 0.4) is 0 Å². The number of nitrogens with one attached hydrogen (secondary N) is 1. The van der Waals surface area contributed by atoms with Gasteiger partial charge >= 0.3 is 0 Å². The van der Waals surface area contributed by atoms with Crippen LogP contribution in [0.1, 0.15) is 0 Å². The quantitative estimate of drug-likeness (QED) is 0.405. The van der Waals surface area contributed by atoms with Gasteiger partial charge in [-0.15, -0.1) is 0 Å². The molecule has 6 nitrogen and oxygen atoms in total. The molecule has 0 unspecified atom stereocenters. The van der Waals surface area contributed by atoms with E-state index in [-0.39, 0.29) is 16.4 Å². The summed E-state index contributed by atoms with van der Waals surface area (Å²) in [6, 6.07) is 11.3. The number of benzene rings is 3. The highest BCUT2D eigenvalue weighted by Gasteiger charge is 2.24. The Hall–Kier alpha value is -3.87. The van der Waals surface area contributed by atoms with Crippen LogP contribution in [0.15, 0.2) is 60.9 Å². The number of para-hydroxylation sites is 2. The molecule has 0 atom stereocenters. The molecule has 0 bridgehead atoms. The fourth-order valence-corrected chi connectivity index (χ4v) is 3.94. The third-order valence-electron chi connectivity index (χ3n) is 5.23. The fraction of sp³-hybridized carbons (Fsp3) is 0.0476. The zero-order valence-corrected chi connectivity index (χ0v) is 14.5. The SMILES string of the molecule is Cn1c(=O)c2c3oc4ccccc4oc3c3[nH]c4cc(F)ccc4c3c2c1=O. The zero-order chi connectivity index (χ0) is 19.2. The second kappa shape index (κ2) is 4.89. The van der Waals surface area contributed by atoms with Crippen molar-refractivity contribution in [2.24, 2.45) is 7.05 Å². The van der Waals surface area contributed by atoms with E-state index in [4.69, 9.17) is 8.83 Å². The lowest BCUT2D eigenvalue weighted by Crippen LogP contribution is -2.21. The molecule has 0 saturated heterocycles. The topological polar surface area (TPSA) is 81.1 Å². The summed E-state index contributed by atoms with van der Waals surface area (Å²) in [4.78, 5) is 28.9. The summed E-state index contributed by atoms with van der Waals surface area (Å²) in [5.41, 5.74) is 1.54. The van der Waals surface area contributed by atoms with Crippen molar-refractivity contribution in [2.45, 2.75) is 0 Å². The fourth-order valence-electron chi connectivity index (χ4n) is 3.94. The predicted molar refractivity (Wildman–Crippen MR) is 104 cm³/mol. The van der Waals surface area contributed by atoms with Gasteiger partial charge in [0.1, 0.15) is 11.2 Å². The summed E-state index contributed by atoms with van der Waals surface area (Å²) < 4.78 is 26.9. The van der Waals surface area contributed by atoms with Crippen molar-refractivity contribution in [2.75, 3.05) is 0 Å². The Morgan fingerprint density at radius 2 is 1.57 bits per heavy atom. The molecule has 6 aromatic rings. The molecule has 3 aromatic heterocycles. The molecule has 0 saturated carbocycles. The molecule has 0 spiro atoms. The maximum absolute atomic E-state index is 13.8. The third-order valence-corrected chi connectivity index (χ3v) is 5.23. The lowest BCUT2D eigenvalue weighted by molar-refractivity contribution is 0.586. The molecule has 28 heavy (non-hydrogen) atoms. The maximum atomic E-state index is 13.8. The Morgan fingerprint density at radius 3 is 2.32 bits per heavy atom. The minimum absolute atomic E-state index is 0.162. The van der Waals surface area contributed by atoms with E-state index in [0.29, 0.717) is 38.6 Å². The molecule has 3 aromatic carbocycles. The lowest BCUT2D eigenvalue weighted by atomic mass is 10.1. The summed E-state index contributed by atoms with van der Waals surface area (Å²) in [6.07, 6.45) is 0. The van der Waals surface area contributed by atoms with E-state index in [1.165, 1.54) is 19.2 Å². The first-order valence-electron chi connectivity index (χ1n) is 8.62. The lowest BCUT2D eigenvalue weighted by Gasteiger charge is -2.04. The number of H-pyrrole nitrogens is 1. The molecule has 0 aliphatic carbocycles. The van der Waals surface area contributed by atoms with Gasteiger partial charge in [0, 0.05) is 23.3 Å². The summed E-state index contributed by atoms with van der Waals surface area (Å²) in [5.74, 6) is -0.411. The van der Waals surface area contributed by atoms with Crippen LogP contribution in [0.25, 0.3) is 54.9 Å². The number of aromatic amines is 1. The minimum atomic E-state index is -0.461. The van der Waals surface area contributed by atoms with Gasteiger partial charge in [0.05, 0.1) is 10.9 Å². The highest BCUT2D eigenvalue weighted by atomic mass is 19.1. The number of halogens is 1. The molecule has 7 heteroatoms. The van der Waals surface area contributed by atoms with Crippen LogP contribution in [0.4, 0.5) is 4.39 Å². The Morgan fingerprint density at radius 1 is 0.893 bits per heavy atom. The Balaban J connectivity index is 2.06. The molecule has 136 valence electrons. The van der Waals surface area contributed by atoms with Gasteiger partial charge in [0.2, 0.25) is 0 Å². The summed E-state index contributed by atoms with van der Waals surface area (Å²) in [5, 5.41) is 1.56. The normalized spacial score (nSPS) is 12.2. The van der Waals surface area contributed by atoms with Crippen molar-refractivity contribution in [3.8, 4) is 0 Å². The Bertz CT molecular complexity index is 1730. The van der Waals surface area contributed by atoms with Crippen LogP contribution < -0.4 is 11.1 Å². The van der Waals surface area contributed by atoms with E-state index in [0.717, 1.165) is 4.57 Å². The standard InChI is InChI=1S/C21H11FN2O4/c1-24-20(25)15-14-10-7-6-9(22)8-11(10)23-17(14)19-18(16(15)21(24)26)27-12-4-2-3-5-13(12)28-19/h2-8,23H,1H3. The maximum Gasteiger partial charge on any atom is 0.265 e. The monoisotopic (exact) mass is 374 g/mol. The number of nitrogens with zero attached hydrogens (tertiary/aromatic N) is 1. The first-order chi connectivity index (χ1) is 13.5. The van der Waals surface area contributed by atoms with Gasteiger partial charge in [-0.25, -0.2) is 4.39 Å². The van der Waals surface area contributed by atoms with Gasteiger partial charge in [-0.2, -0.15) is 0 Å². The molecular weight excluding hydrogens is 363 g/mol. The molecular formula is C21H11FN2O4. The smallest absolute Gasteiger partial charge is 0.265 e. The molecule has 1 N–H and O–H groups in total. The largest absolute Gasteiger partial charge is 0.449 e. The van der Waals surface area contributed by atoms with E-state index in [1.54, 1.807) is 30.3 Å². The van der Waals surface area contributed by atoms with Crippen LogP contribution >= 0.6 is 0 Å². The zero-order valence-electron chi connectivity index (χ0n) is 14.5. The van der Waals surface area contributed by atoms with Crippen LogP contribution in [-0.4, -0.2) is 9.55 Å². The van der Waals surface area contributed by atoms with Crippen molar-refractivity contribution < 1.29 is 13.2 Å². The third kappa shape index (κ3) is 1.70. The summed E-state index contributed by atoms with van der Waals surface area (Å²) in [6.45, 7) is 0. The van der Waals surface area contributed by atoms with Gasteiger partial charge < -0.3 is 13.8 Å². The van der Waals surface area contributed by atoms with Crippen molar-refractivity contribution in [1.29, 1.82) is 0 Å². The van der Waals surface area contributed by atoms with Gasteiger partial charge in [-0.3, -0.25) is 14.2 Å². The minimum Gasteiger partial charge on any atom is -0.449 e. The van der Waals surface area contributed by atoms with E-state index in [9.17, 15) is 14.0 Å². The Labute approximate surface area is 154 Å². The van der Waals surface area contributed by atoms with Gasteiger partial charge in [0.25, 0.3) is 11.1 Å². The van der Waals surface area contributed by atoms with Crippen molar-refractivity contribution in [3.05, 3.63) is 69.0 Å². The molecule has 0 aliphatic heterocycles. The molecule has 0 aliphatic rings. The van der Waals surface area contributed by atoms with Crippen molar-refractivity contribution >= 4 is 54.9 Å². The van der Waals surface area contributed by atoms with Crippen LogP contribution in [0.2, 0.25) is 0 Å². The molecule has 0 amide bonds. The predicted octanol–water partition coefficient (Wildman–Crippen LogP) is 4.16. The van der Waals surface area contributed by atoms with Crippen molar-refractivity contribution in [1.82, 2.24) is 9.55 Å². The van der Waals surface area contributed by atoms with E-state index in [2.05, 4.69) is 4.98 Å². The molecule has 3 heterocycles. The first kappa shape index (κ1) is 15.2. The molecule has 0 fully saturated rings. The highest BCUT2D eigenvalue weighted by Crippen LogP contribution is 2.38. The second-order valence-corrected chi connectivity index (χ2v) is 6.79. The van der Waals surface area contributed by atoms with E-state index in [1.807, 2.05) is 0 Å². The second-order valence-electron chi connectivity index (χ2n) is 6.79. The number of hydrogen-bond donors (Lipinski definition) is 1. The average molecular weight is 374 g/mol. The molecule has 0 radical (unpaired) electrons. The van der Waals surface area contributed by atoms with Gasteiger partial charge in [-0.1, -0.05) is 12.1 Å². The van der Waals surface area contributed by atoms with E-state index < -0.39 is 16.9 Å². The van der Waals surface area contributed by atoms with Crippen molar-refractivity contribution in [3.63, 3.8) is 0 Å². The van der Waals surface area contributed by atoms with Crippen LogP contribution in [0.5, 0.6) is 0 Å². The van der Waals surface area contributed by atoms with Crippen LogP contribution in [-0.2, 0) is 7.05 Å². The van der Waals surface area contributed by atoms with Crippen LogP contribution in [0, 0.1) is 5.82 Å². The summed E-state index contributed by atoms with van der Waals surface area (Å²) >= 11 is 0.